The molecule has 13 heavy (non-hydrogen) atoms. The molecular formula is C6H7BrF3N3. The first kappa shape index (κ1) is 10.5. The summed E-state index contributed by atoms with van der Waals surface area (Å²) in [6, 6.07) is -0.365. The Morgan fingerprint density at radius 1 is 1.38 bits per heavy atom. The highest BCUT2D eigenvalue weighted by Gasteiger charge is 2.39. The smallest absolute Gasteiger partial charge is 0.237 e. The molecule has 0 spiro atoms. The van der Waals surface area contributed by atoms with E-state index < -0.39 is 11.9 Å². The molecule has 1 aromatic rings. The highest BCUT2D eigenvalue weighted by molar-refractivity contribution is 9.10. The Hall–Kier alpha value is -0.590. The molecule has 1 aromatic heterocycles. The normalized spacial score (nSPS) is 12.5. The van der Waals surface area contributed by atoms with E-state index in [9.17, 15) is 13.2 Å². The van der Waals surface area contributed by atoms with E-state index >= 15 is 0 Å². The van der Waals surface area contributed by atoms with Gasteiger partial charge in [0.2, 0.25) is 0 Å². The zero-order valence-electron chi connectivity index (χ0n) is 6.93. The van der Waals surface area contributed by atoms with Crippen molar-refractivity contribution in [2.45, 2.75) is 26.1 Å². The Kier molecular flexibility index (Phi) is 2.65. The second-order valence-electron chi connectivity index (χ2n) is 2.76. The van der Waals surface area contributed by atoms with Crippen molar-refractivity contribution in [2.75, 3.05) is 0 Å². The first-order valence-electron chi connectivity index (χ1n) is 3.52. The average Bonchev–Trinajstić information content (AvgIpc) is 2.28. The van der Waals surface area contributed by atoms with Crippen molar-refractivity contribution < 1.29 is 13.2 Å². The lowest BCUT2D eigenvalue weighted by Gasteiger charge is -2.11. The van der Waals surface area contributed by atoms with Crippen molar-refractivity contribution in [1.29, 1.82) is 0 Å². The third-order valence-electron chi connectivity index (χ3n) is 1.41. The largest absolute Gasteiger partial charge is 0.435 e. The van der Waals surface area contributed by atoms with E-state index in [1.54, 1.807) is 13.8 Å². The second-order valence-corrected chi connectivity index (χ2v) is 3.52. The summed E-state index contributed by atoms with van der Waals surface area (Å²) in [6.45, 7) is 3.22. The minimum atomic E-state index is -4.42. The predicted octanol–water partition coefficient (Wildman–Crippen LogP) is 2.64. The highest BCUT2D eigenvalue weighted by Crippen LogP contribution is 2.34. The first-order valence-corrected chi connectivity index (χ1v) is 4.31. The van der Waals surface area contributed by atoms with Crippen LogP contribution in [0.15, 0.2) is 4.60 Å². The van der Waals surface area contributed by atoms with Gasteiger partial charge in [0.25, 0.3) is 0 Å². The Labute approximate surface area is 81.1 Å². The molecule has 0 aliphatic carbocycles. The maximum absolute atomic E-state index is 12.4. The highest BCUT2D eigenvalue weighted by atomic mass is 79.9. The molecule has 0 bridgehead atoms. The van der Waals surface area contributed by atoms with E-state index in [0.717, 1.165) is 4.68 Å². The van der Waals surface area contributed by atoms with Crippen molar-refractivity contribution in [1.82, 2.24) is 15.0 Å². The quantitative estimate of drug-likeness (QED) is 0.775. The average molecular weight is 258 g/mol. The monoisotopic (exact) mass is 257 g/mol. The zero-order chi connectivity index (χ0) is 10.2. The number of hydrogen-bond acceptors (Lipinski definition) is 2. The number of alkyl halides is 3. The minimum absolute atomic E-state index is 0.270. The second kappa shape index (κ2) is 3.28. The van der Waals surface area contributed by atoms with Gasteiger partial charge in [-0.15, -0.1) is 5.10 Å². The van der Waals surface area contributed by atoms with Gasteiger partial charge < -0.3 is 0 Å². The van der Waals surface area contributed by atoms with Crippen molar-refractivity contribution >= 4 is 15.9 Å². The molecule has 0 radical (unpaired) electrons. The molecule has 0 aliphatic rings. The maximum Gasteiger partial charge on any atom is 0.435 e. The summed E-state index contributed by atoms with van der Waals surface area (Å²) < 4.78 is 37.7. The maximum atomic E-state index is 12.4. The number of nitrogens with zero attached hydrogens (tertiary/aromatic N) is 3. The van der Waals surface area contributed by atoms with Crippen LogP contribution in [0, 0.1) is 0 Å². The predicted molar refractivity (Wildman–Crippen MR) is 43.1 cm³/mol. The third-order valence-corrected chi connectivity index (χ3v) is 1.95. The molecular weight excluding hydrogens is 251 g/mol. The minimum Gasteiger partial charge on any atom is -0.237 e. The van der Waals surface area contributed by atoms with Crippen LogP contribution in [0.25, 0.3) is 0 Å². The van der Waals surface area contributed by atoms with Crippen LogP contribution >= 0.6 is 15.9 Å². The third kappa shape index (κ3) is 2.01. The van der Waals surface area contributed by atoms with E-state index in [0.29, 0.717) is 0 Å². The van der Waals surface area contributed by atoms with E-state index in [1.165, 1.54) is 0 Å². The molecule has 0 aromatic carbocycles. The van der Waals surface area contributed by atoms with Gasteiger partial charge in [-0.2, -0.15) is 13.2 Å². The Bertz CT molecular complexity index is 305. The molecule has 0 N–H and O–H groups in total. The van der Waals surface area contributed by atoms with Crippen LogP contribution in [0.4, 0.5) is 13.2 Å². The van der Waals surface area contributed by atoms with E-state index in [2.05, 4.69) is 26.2 Å². The molecule has 74 valence electrons. The van der Waals surface area contributed by atoms with Crippen LogP contribution in [0.2, 0.25) is 0 Å². The van der Waals surface area contributed by atoms with Crippen LogP contribution in [-0.2, 0) is 6.18 Å². The van der Waals surface area contributed by atoms with E-state index in [4.69, 9.17) is 0 Å². The van der Waals surface area contributed by atoms with Gasteiger partial charge in [-0.1, -0.05) is 5.21 Å². The molecule has 0 saturated carbocycles. The standard InChI is InChI=1S/C6H7BrF3N3/c1-3(2)13-4(6(8,9)10)5(7)11-12-13/h3H,1-2H3. The summed E-state index contributed by atoms with van der Waals surface area (Å²) in [4.78, 5) is 0. The van der Waals surface area contributed by atoms with E-state index in [-0.39, 0.29) is 10.6 Å². The lowest BCUT2D eigenvalue weighted by atomic mass is 10.3. The Morgan fingerprint density at radius 2 is 1.92 bits per heavy atom. The van der Waals surface area contributed by atoms with Gasteiger partial charge >= 0.3 is 6.18 Å². The number of halogens is 4. The van der Waals surface area contributed by atoms with Gasteiger partial charge in [0.15, 0.2) is 10.3 Å². The summed E-state index contributed by atoms with van der Waals surface area (Å²) in [5, 5.41) is 6.70. The fraction of sp³-hybridized carbons (Fsp3) is 0.667. The Balaban J connectivity index is 3.25. The van der Waals surface area contributed by atoms with Gasteiger partial charge in [-0.3, -0.25) is 0 Å². The first-order chi connectivity index (χ1) is 5.84. The molecule has 3 nitrogen and oxygen atoms in total. The number of hydrogen-bond donors (Lipinski definition) is 0. The molecule has 0 unspecified atom stereocenters. The molecule has 7 heteroatoms. The van der Waals surface area contributed by atoms with Crippen molar-refractivity contribution in [3.63, 3.8) is 0 Å². The lowest BCUT2D eigenvalue weighted by Crippen LogP contribution is -2.16. The van der Waals surface area contributed by atoms with Crippen molar-refractivity contribution in [2.24, 2.45) is 0 Å². The van der Waals surface area contributed by atoms with Gasteiger partial charge in [0, 0.05) is 6.04 Å². The fourth-order valence-corrected chi connectivity index (χ4v) is 1.36. The summed E-state index contributed by atoms with van der Waals surface area (Å²) in [6.07, 6.45) is -4.42. The van der Waals surface area contributed by atoms with E-state index in [1.807, 2.05) is 0 Å². The van der Waals surface area contributed by atoms with Crippen LogP contribution < -0.4 is 0 Å². The van der Waals surface area contributed by atoms with Crippen LogP contribution in [0.3, 0.4) is 0 Å². The molecule has 0 saturated heterocycles. The number of aromatic nitrogens is 3. The summed E-state index contributed by atoms with van der Waals surface area (Å²) >= 11 is 2.71. The summed E-state index contributed by atoms with van der Waals surface area (Å²) in [5.74, 6) is 0. The van der Waals surface area contributed by atoms with Gasteiger partial charge in [0.1, 0.15) is 0 Å². The summed E-state index contributed by atoms with van der Waals surface area (Å²) in [5.41, 5.74) is -0.845. The van der Waals surface area contributed by atoms with Crippen LogP contribution in [0.5, 0.6) is 0 Å². The van der Waals surface area contributed by atoms with Gasteiger partial charge in [-0.05, 0) is 29.8 Å². The molecule has 0 amide bonds. The van der Waals surface area contributed by atoms with Gasteiger partial charge in [0.05, 0.1) is 0 Å². The van der Waals surface area contributed by atoms with Gasteiger partial charge in [-0.25, -0.2) is 4.68 Å². The topological polar surface area (TPSA) is 30.7 Å². The zero-order valence-corrected chi connectivity index (χ0v) is 8.52. The lowest BCUT2D eigenvalue weighted by molar-refractivity contribution is -0.145. The molecule has 1 heterocycles. The summed E-state index contributed by atoms with van der Waals surface area (Å²) in [7, 11) is 0. The molecule has 1 rings (SSSR count). The fourth-order valence-electron chi connectivity index (χ4n) is 0.882. The van der Waals surface area contributed by atoms with Crippen LogP contribution in [-0.4, -0.2) is 15.0 Å². The van der Waals surface area contributed by atoms with Crippen LogP contribution in [0.1, 0.15) is 25.6 Å². The number of rotatable bonds is 1. The van der Waals surface area contributed by atoms with Crippen molar-refractivity contribution in [3.8, 4) is 0 Å². The van der Waals surface area contributed by atoms with Crippen molar-refractivity contribution in [3.05, 3.63) is 10.3 Å². The Morgan fingerprint density at radius 3 is 2.23 bits per heavy atom. The molecule has 0 aliphatic heterocycles. The molecule has 0 fully saturated rings. The SMILES string of the molecule is CC(C)n1nnc(Br)c1C(F)(F)F. The molecule has 0 atom stereocenters.